The molecule has 7 heteroatoms. The number of aromatic nitrogens is 3. The smallest absolute Gasteiger partial charge is 0.355 e. The van der Waals surface area contributed by atoms with Crippen LogP contribution in [0.1, 0.15) is 32.1 Å². The van der Waals surface area contributed by atoms with Crippen molar-refractivity contribution in [3.63, 3.8) is 0 Å². The average molecular weight is 384 g/mol. The molecule has 0 atom stereocenters. The van der Waals surface area contributed by atoms with Crippen molar-refractivity contribution in [1.82, 2.24) is 15.2 Å². The van der Waals surface area contributed by atoms with Gasteiger partial charge < -0.3 is 10.4 Å². The molecule has 0 spiro atoms. The van der Waals surface area contributed by atoms with Gasteiger partial charge in [-0.1, -0.05) is 42.5 Å². The number of hydrogen-bond donors (Lipinski definition) is 3. The normalized spacial score (nSPS) is 11.0. The van der Waals surface area contributed by atoms with Gasteiger partial charge in [-0.3, -0.25) is 9.89 Å². The molecule has 1 amide bonds. The highest BCUT2D eigenvalue weighted by Crippen LogP contribution is 2.22. The van der Waals surface area contributed by atoms with Crippen LogP contribution < -0.4 is 5.32 Å². The second-order valence-corrected chi connectivity index (χ2v) is 6.23. The SMILES string of the molecule is O=C(Nc1ccccc1C=Cc1n[nH]c2ccccc12)c1cccnc1C(=O)O. The molecule has 0 aliphatic heterocycles. The lowest BCUT2D eigenvalue weighted by Gasteiger charge is -2.09. The van der Waals surface area contributed by atoms with Crippen molar-refractivity contribution in [3.8, 4) is 0 Å². The molecule has 4 rings (SSSR count). The third-order valence-electron chi connectivity index (χ3n) is 4.38. The van der Waals surface area contributed by atoms with Gasteiger partial charge in [0.2, 0.25) is 0 Å². The lowest BCUT2D eigenvalue weighted by Crippen LogP contribution is -2.18. The van der Waals surface area contributed by atoms with E-state index < -0.39 is 11.9 Å². The fraction of sp³-hybridized carbons (Fsp3) is 0. The maximum absolute atomic E-state index is 12.6. The third kappa shape index (κ3) is 3.74. The zero-order chi connectivity index (χ0) is 20.2. The second kappa shape index (κ2) is 7.77. The molecule has 0 fully saturated rings. The molecule has 2 aromatic heterocycles. The van der Waals surface area contributed by atoms with Crippen molar-refractivity contribution in [2.24, 2.45) is 0 Å². The summed E-state index contributed by atoms with van der Waals surface area (Å²) in [7, 11) is 0. The summed E-state index contributed by atoms with van der Waals surface area (Å²) in [5.74, 6) is -1.80. The highest BCUT2D eigenvalue weighted by Gasteiger charge is 2.18. The fourth-order valence-corrected chi connectivity index (χ4v) is 2.99. The van der Waals surface area contributed by atoms with E-state index in [0.29, 0.717) is 5.69 Å². The molecule has 0 saturated heterocycles. The molecule has 0 bridgehead atoms. The van der Waals surface area contributed by atoms with E-state index >= 15 is 0 Å². The number of rotatable bonds is 5. The van der Waals surface area contributed by atoms with Crippen LogP contribution in [-0.4, -0.2) is 32.2 Å². The molecule has 4 aromatic rings. The average Bonchev–Trinajstić information content (AvgIpc) is 3.16. The Labute approximate surface area is 165 Å². The first-order chi connectivity index (χ1) is 14.1. The van der Waals surface area contributed by atoms with E-state index in [1.165, 1.54) is 18.3 Å². The minimum Gasteiger partial charge on any atom is -0.476 e. The Kier molecular flexibility index (Phi) is 4.86. The Bertz CT molecular complexity index is 1240. The number of amides is 1. The van der Waals surface area contributed by atoms with Crippen molar-refractivity contribution in [1.29, 1.82) is 0 Å². The summed E-state index contributed by atoms with van der Waals surface area (Å²) < 4.78 is 0. The topological polar surface area (TPSA) is 108 Å². The largest absolute Gasteiger partial charge is 0.476 e. The maximum Gasteiger partial charge on any atom is 0.355 e. The highest BCUT2D eigenvalue weighted by molar-refractivity contribution is 6.10. The van der Waals surface area contributed by atoms with Crippen LogP contribution in [0.2, 0.25) is 0 Å². The molecule has 29 heavy (non-hydrogen) atoms. The number of benzene rings is 2. The van der Waals surface area contributed by atoms with Gasteiger partial charge in [0.25, 0.3) is 5.91 Å². The van der Waals surface area contributed by atoms with Crippen LogP contribution in [0.4, 0.5) is 5.69 Å². The van der Waals surface area contributed by atoms with Gasteiger partial charge in [0.05, 0.1) is 16.8 Å². The Morgan fingerprint density at radius 3 is 2.62 bits per heavy atom. The number of carboxylic acid groups (broad SMARTS) is 1. The number of carboxylic acids is 1. The predicted molar refractivity (Wildman–Crippen MR) is 111 cm³/mol. The third-order valence-corrected chi connectivity index (χ3v) is 4.38. The highest BCUT2D eigenvalue weighted by atomic mass is 16.4. The van der Waals surface area contributed by atoms with E-state index in [1.807, 2.05) is 48.6 Å². The summed E-state index contributed by atoms with van der Waals surface area (Å²) in [5.41, 5.74) is 2.73. The minimum atomic E-state index is -1.26. The molecule has 3 N–H and O–H groups in total. The Balaban J connectivity index is 1.62. The summed E-state index contributed by atoms with van der Waals surface area (Å²) >= 11 is 0. The van der Waals surface area contributed by atoms with E-state index in [4.69, 9.17) is 0 Å². The molecular weight excluding hydrogens is 368 g/mol. The fourth-order valence-electron chi connectivity index (χ4n) is 2.99. The van der Waals surface area contributed by atoms with Crippen LogP contribution in [0.5, 0.6) is 0 Å². The zero-order valence-corrected chi connectivity index (χ0v) is 15.2. The molecule has 2 heterocycles. The Hall–Kier alpha value is -4.26. The van der Waals surface area contributed by atoms with Gasteiger partial charge in [0, 0.05) is 17.3 Å². The number of nitrogens with zero attached hydrogens (tertiary/aromatic N) is 2. The van der Waals surface area contributed by atoms with E-state index in [9.17, 15) is 14.7 Å². The van der Waals surface area contributed by atoms with Gasteiger partial charge in [-0.25, -0.2) is 9.78 Å². The number of aromatic amines is 1. The molecule has 0 unspecified atom stereocenters. The standard InChI is InChI=1S/C22H16N4O3/c27-21(16-8-5-13-23-20(16)22(28)29)24-17-9-3-1-6-14(17)11-12-19-15-7-2-4-10-18(15)25-26-19/h1-13H,(H,24,27)(H,25,26)(H,28,29). The minimum absolute atomic E-state index is 0.00271. The second-order valence-electron chi connectivity index (χ2n) is 6.23. The lowest BCUT2D eigenvalue weighted by molar-refractivity contribution is 0.0686. The number of para-hydroxylation sites is 2. The van der Waals surface area contributed by atoms with E-state index in [1.54, 1.807) is 12.1 Å². The van der Waals surface area contributed by atoms with Crippen LogP contribution >= 0.6 is 0 Å². The molecule has 142 valence electrons. The number of anilines is 1. The summed E-state index contributed by atoms with van der Waals surface area (Å²) in [6.45, 7) is 0. The van der Waals surface area contributed by atoms with Crippen molar-refractivity contribution in [2.75, 3.05) is 5.32 Å². The summed E-state index contributed by atoms with van der Waals surface area (Å²) in [6.07, 6.45) is 5.04. The number of pyridine rings is 1. The monoisotopic (exact) mass is 384 g/mol. The predicted octanol–water partition coefficient (Wildman–Crippen LogP) is 4.08. The Morgan fingerprint density at radius 1 is 0.966 bits per heavy atom. The molecular formula is C22H16N4O3. The molecule has 2 aromatic carbocycles. The van der Waals surface area contributed by atoms with Crippen LogP contribution in [0, 0.1) is 0 Å². The molecule has 7 nitrogen and oxygen atoms in total. The van der Waals surface area contributed by atoms with Crippen LogP contribution in [0.15, 0.2) is 66.9 Å². The first-order valence-corrected chi connectivity index (χ1v) is 8.83. The number of nitrogens with one attached hydrogen (secondary N) is 2. The first-order valence-electron chi connectivity index (χ1n) is 8.83. The van der Waals surface area contributed by atoms with Gasteiger partial charge in [-0.05, 0) is 35.9 Å². The van der Waals surface area contributed by atoms with Crippen molar-refractivity contribution in [2.45, 2.75) is 0 Å². The van der Waals surface area contributed by atoms with Gasteiger partial charge >= 0.3 is 5.97 Å². The number of carbonyl (C=O) groups is 2. The van der Waals surface area contributed by atoms with E-state index in [0.717, 1.165) is 22.2 Å². The summed E-state index contributed by atoms with van der Waals surface area (Å²) in [5, 5.41) is 20.3. The van der Waals surface area contributed by atoms with Crippen molar-refractivity contribution < 1.29 is 14.7 Å². The van der Waals surface area contributed by atoms with Crippen molar-refractivity contribution >= 4 is 40.6 Å². The first kappa shape index (κ1) is 18.1. The number of H-pyrrole nitrogens is 1. The zero-order valence-electron chi connectivity index (χ0n) is 15.2. The summed E-state index contributed by atoms with van der Waals surface area (Å²) in [4.78, 5) is 27.7. The van der Waals surface area contributed by atoms with Crippen LogP contribution in [0.3, 0.4) is 0 Å². The number of hydrogen-bond acceptors (Lipinski definition) is 4. The van der Waals surface area contributed by atoms with Crippen LogP contribution in [-0.2, 0) is 0 Å². The lowest BCUT2D eigenvalue weighted by atomic mass is 10.1. The molecule has 0 aliphatic rings. The van der Waals surface area contributed by atoms with Gasteiger partial charge in [0.1, 0.15) is 0 Å². The number of carbonyl (C=O) groups excluding carboxylic acids is 1. The van der Waals surface area contributed by atoms with E-state index in [-0.39, 0.29) is 11.3 Å². The Morgan fingerprint density at radius 2 is 1.76 bits per heavy atom. The number of aromatic carboxylic acids is 1. The molecule has 0 aliphatic carbocycles. The van der Waals surface area contributed by atoms with Gasteiger partial charge in [-0.2, -0.15) is 5.10 Å². The molecule has 0 radical (unpaired) electrons. The maximum atomic E-state index is 12.6. The number of fused-ring (bicyclic) bond motifs is 1. The summed E-state index contributed by atoms with van der Waals surface area (Å²) in [6, 6.07) is 18.0. The van der Waals surface area contributed by atoms with Crippen LogP contribution in [0.25, 0.3) is 23.1 Å². The van der Waals surface area contributed by atoms with Gasteiger partial charge in [-0.15, -0.1) is 0 Å². The van der Waals surface area contributed by atoms with Crippen molar-refractivity contribution in [3.05, 3.63) is 89.4 Å². The molecule has 0 saturated carbocycles. The van der Waals surface area contributed by atoms with Gasteiger partial charge in [0.15, 0.2) is 5.69 Å². The quantitative estimate of drug-likeness (QED) is 0.480. The van der Waals surface area contributed by atoms with E-state index in [2.05, 4.69) is 20.5 Å².